The molecule has 7 nitrogen and oxygen atoms in total. The second-order valence-corrected chi connectivity index (χ2v) is 9.97. The number of anilines is 1. The Bertz CT molecular complexity index is 1070. The van der Waals surface area contributed by atoms with E-state index in [1.165, 1.54) is 12.1 Å². The summed E-state index contributed by atoms with van der Waals surface area (Å²) < 4.78 is 25.0. The molecule has 182 valence electrons. The van der Waals surface area contributed by atoms with E-state index in [-0.39, 0.29) is 28.8 Å². The Kier molecular flexibility index (Phi) is 6.73. The molecular weight excluding hydrogens is 461 g/mol. The molecule has 34 heavy (non-hydrogen) atoms. The highest BCUT2D eigenvalue weighted by Crippen LogP contribution is 2.69. The van der Waals surface area contributed by atoms with E-state index in [4.69, 9.17) is 26.8 Å². The minimum absolute atomic E-state index is 0.0259. The molecule has 0 spiro atoms. The number of rotatable bonds is 11. The number of hydrogen-bond donors (Lipinski definition) is 2. The van der Waals surface area contributed by atoms with Crippen molar-refractivity contribution in [1.29, 1.82) is 0 Å². The average Bonchev–Trinajstić information content (AvgIpc) is 2.74. The molecule has 0 radical (unpaired) electrons. The summed E-state index contributed by atoms with van der Waals surface area (Å²) >= 11 is 5.70. The van der Waals surface area contributed by atoms with E-state index < -0.39 is 23.2 Å². The topological polar surface area (TPSA) is 93.9 Å². The van der Waals surface area contributed by atoms with Gasteiger partial charge in [-0.25, -0.2) is 4.39 Å². The van der Waals surface area contributed by atoms with Gasteiger partial charge < -0.3 is 25.4 Å². The highest BCUT2D eigenvalue weighted by molar-refractivity contribution is 6.30. The Morgan fingerprint density at radius 1 is 1.21 bits per heavy atom. The van der Waals surface area contributed by atoms with Gasteiger partial charge in [-0.15, -0.1) is 0 Å². The molecule has 5 rings (SSSR count). The van der Waals surface area contributed by atoms with Gasteiger partial charge in [0.2, 0.25) is 5.91 Å². The molecule has 9 heteroatoms. The molecule has 2 bridgehead atoms. The number of nitrogens with two attached hydrogens (primary N) is 1. The number of nitrogens with zero attached hydrogens (tertiary/aromatic N) is 1. The van der Waals surface area contributed by atoms with Crippen LogP contribution in [0.4, 0.5) is 10.1 Å². The molecule has 0 aliphatic heterocycles. The number of carbonyl (C=O) groups excluding carboxylic acids is 2. The van der Waals surface area contributed by atoms with E-state index in [0.29, 0.717) is 32.3 Å². The average molecular weight is 490 g/mol. The lowest BCUT2D eigenvalue weighted by atomic mass is 9.37. The van der Waals surface area contributed by atoms with Gasteiger partial charge in [0.25, 0.3) is 5.91 Å². The third-order valence-electron chi connectivity index (χ3n) is 6.63. The number of halogens is 2. The molecular formula is C25H29ClFN3O4. The van der Waals surface area contributed by atoms with Crippen LogP contribution in [0.5, 0.6) is 5.75 Å². The molecule has 3 aliphatic carbocycles. The van der Waals surface area contributed by atoms with Crippen molar-refractivity contribution >= 4 is 29.1 Å². The molecule has 2 aromatic rings. The number of ether oxygens (including phenoxy) is 2. The van der Waals surface area contributed by atoms with Gasteiger partial charge in [-0.3, -0.25) is 9.59 Å². The second kappa shape index (κ2) is 9.43. The number of benzene rings is 2. The van der Waals surface area contributed by atoms with E-state index >= 15 is 0 Å². The fraction of sp³-hybridized carbons (Fsp3) is 0.440. The minimum atomic E-state index is -0.902. The van der Waals surface area contributed by atoms with Crippen LogP contribution in [0.1, 0.15) is 24.8 Å². The second-order valence-electron chi connectivity index (χ2n) is 9.56. The zero-order valence-electron chi connectivity index (χ0n) is 19.3. The summed E-state index contributed by atoms with van der Waals surface area (Å²) in [5.41, 5.74) is 7.03. The SMILES string of the molecule is CN(C)c1cccc(CCOCC(=O)NC23CC(C(Oc4ccc(Cl)c(F)c4)C(N)=O)(C2)C3)c1. The van der Waals surface area contributed by atoms with Gasteiger partial charge in [-0.05, 0) is 55.5 Å². The largest absolute Gasteiger partial charge is 0.480 e. The number of nitrogens with one attached hydrogen (secondary N) is 1. The van der Waals surface area contributed by atoms with Crippen LogP contribution in [-0.2, 0) is 20.7 Å². The predicted molar refractivity (Wildman–Crippen MR) is 127 cm³/mol. The first-order valence-electron chi connectivity index (χ1n) is 11.2. The van der Waals surface area contributed by atoms with Crippen molar-refractivity contribution in [2.45, 2.75) is 37.3 Å². The first-order chi connectivity index (χ1) is 16.1. The fourth-order valence-electron chi connectivity index (χ4n) is 5.13. The highest BCUT2D eigenvalue weighted by Gasteiger charge is 2.73. The van der Waals surface area contributed by atoms with Crippen LogP contribution in [-0.4, -0.2) is 50.8 Å². The van der Waals surface area contributed by atoms with E-state index in [1.807, 2.05) is 37.2 Å². The minimum Gasteiger partial charge on any atom is -0.480 e. The molecule has 3 aliphatic rings. The van der Waals surface area contributed by atoms with Gasteiger partial charge >= 0.3 is 0 Å². The molecule has 3 saturated carbocycles. The summed E-state index contributed by atoms with van der Waals surface area (Å²) in [6, 6.07) is 12.2. The molecule has 3 N–H and O–H groups in total. The quantitative estimate of drug-likeness (QED) is 0.473. The third kappa shape index (κ3) is 4.98. The Morgan fingerprint density at radius 3 is 2.59 bits per heavy atom. The molecule has 0 aromatic heterocycles. The monoisotopic (exact) mass is 489 g/mol. The van der Waals surface area contributed by atoms with Crippen molar-refractivity contribution in [2.24, 2.45) is 11.1 Å². The Labute approximate surface area is 203 Å². The first kappa shape index (κ1) is 24.3. The Morgan fingerprint density at radius 2 is 1.94 bits per heavy atom. The van der Waals surface area contributed by atoms with Gasteiger partial charge in [0.1, 0.15) is 18.2 Å². The van der Waals surface area contributed by atoms with E-state index in [9.17, 15) is 14.0 Å². The maximum absolute atomic E-state index is 13.7. The lowest BCUT2D eigenvalue weighted by Gasteiger charge is -2.71. The molecule has 1 atom stereocenters. The summed E-state index contributed by atoms with van der Waals surface area (Å²) in [5, 5.41) is 3.00. The highest BCUT2D eigenvalue weighted by atomic mass is 35.5. The van der Waals surface area contributed by atoms with Crippen molar-refractivity contribution in [1.82, 2.24) is 5.32 Å². The smallest absolute Gasteiger partial charge is 0.259 e. The zero-order chi connectivity index (χ0) is 24.5. The van der Waals surface area contributed by atoms with Gasteiger partial charge in [0.15, 0.2) is 6.10 Å². The number of amides is 2. The maximum Gasteiger partial charge on any atom is 0.259 e. The van der Waals surface area contributed by atoms with Crippen LogP contribution in [0.15, 0.2) is 42.5 Å². The number of carbonyl (C=O) groups is 2. The molecule has 3 fully saturated rings. The van der Waals surface area contributed by atoms with Crippen LogP contribution in [0.3, 0.4) is 0 Å². The lowest BCUT2D eigenvalue weighted by Crippen LogP contribution is -2.79. The maximum atomic E-state index is 13.7. The van der Waals surface area contributed by atoms with Crippen LogP contribution in [0.25, 0.3) is 0 Å². The van der Waals surface area contributed by atoms with Crippen LogP contribution < -0.4 is 20.7 Å². The summed E-state index contributed by atoms with van der Waals surface area (Å²) in [6.07, 6.45) is 1.54. The lowest BCUT2D eigenvalue weighted by molar-refractivity contribution is -0.208. The Hall–Kier alpha value is -2.84. The van der Waals surface area contributed by atoms with Gasteiger partial charge in [-0.2, -0.15) is 0 Å². The van der Waals surface area contributed by atoms with Crippen molar-refractivity contribution in [3.63, 3.8) is 0 Å². The van der Waals surface area contributed by atoms with Crippen LogP contribution in [0, 0.1) is 11.2 Å². The van der Waals surface area contributed by atoms with Crippen LogP contribution in [0.2, 0.25) is 5.02 Å². The summed E-state index contributed by atoms with van der Waals surface area (Å²) in [5.74, 6) is -1.24. The summed E-state index contributed by atoms with van der Waals surface area (Å²) in [7, 11) is 3.98. The van der Waals surface area contributed by atoms with E-state index in [0.717, 1.165) is 17.3 Å². The molecule has 0 heterocycles. The number of primary amides is 1. The molecule has 1 unspecified atom stereocenters. The van der Waals surface area contributed by atoms with E-state index in [1.54, 1.807) is 0 Å². The third-order valence-corrected chi connectivity index (χ3v) is 6.94. The van der Waals surface area contributed by atoms with Gasteiger partial charge in [0, 0.05) is 36.8 Å². The molecule has 0 saturated heterocycles. The number of hydrogen-bond acceptors (Lipinski definition) is 5. The normalized spacial score (nSPS) is 23.3. The molecule has 2 aromatic carbocycles. The summed E-state index contributed by atoms with van der Waals surface area (Å²) in [4.78, 5) is 26.5. The Balaban J connectivity index is 1.22. The summed E-state index contributed by atoms with van der Waals surface area (Å²) in [6.45, 7) is 0.415. The van der Waals surface area contributed by atoms with E-state index in [2.05, 4.69) is 11.4 Å². The van der Waals surface area contributed by atoms with Crippen molar-refractivity contribution in [3.8, 4) is 5.75 Å². The first-order valence-corrected chi connectivity index (χ1v) is 11.6. The van der Waals surface area contributed by atoms with Crippen molar-refractivity contribution in [2.75, 3.05) is 32.2 Å². The molecule has 2 amide bonds. The van der Waals surface area contributed by atoms with Crippen molar-refractivity contribution < 1.29 is 23.5 Å². The van der Waals surface area contributed by atoms with Gasteiger partial charge in [-0.1, -0.05) is 23.7 Å². The van der Waals surface area contributed by atoms with Gasteiger partial charge in [0.05, 0.1) is 11.6 Å². The predicted octanol–water partition coefficient (Wildman–Crippen LogP) is 3.08. The zero-order valence-corrected chi connectivity index (χ0v) is 20.0. The van der Waals surface area contributed by atoms with Crippen molar-refractivity contribution in [3.05, 3.63) is 58.9 Å². The standard InChI is InChI=1S/C25H29ClFN3O4/c1-30(2)17-5-3-4-16(10-17)8-9-33-12-21(31)29-25-13-24(14-25,15-25)22(23(28)32)34-18-6-7-19(26)20(27)11-18/h3-7,10-11,22H,8-9,12-15H2,1-2H3,(H2,28,32)(H,29,31). The van der Waals surface area contributed by atoms with Crippen LogP contribution >= 0.6 is 11.6 Å². The fourth-order valence-corrected chi connectivity index (χ4v) is 5.24.